The molecule has 0 radical (unpaired) electrons. The Morgan fingerprint density at radius 3 is 2.70 bits per heavy atom. The smallest absolute Gasteiger partial charge is 0.164 e. The summed E-state index contributed by atoms with van der Waals surface area (Å²) in [5.74, 6) is 1.68. The molecule has 23 heavy (non-hydrogen) atoms. The van der Waals surface area contributed by atoms with Gasteiger partial charge in [-0.1, -0.05) is 13.8 Å². The fraction of sp³-hybridized carbons (Fsp3) is 0.526. The first-order chi connectivity index (χ1) is 10.9. The first-order valence-electron chi connectivity index (χ1n) is 7.78. The van der Waals surface area contributed by atoms with Gasteiger partial charge in [-0.15, -0.1) is 12.8 Å². The van der Waals surface area contributed by atoms with Crippen molar-refractivity contribution in [3.05, 3.63) is 23.3 Å². The standard InChI is InChI=1S/C17H22O4.C2H2/c1-17(2)8-12(19)7-14-13(17)6-11-4-10(9-18)5-15(20-3)16(11)21-14;1-2/h4-5,9,12-14,19H,6-8H2,1-3H3;1-2H/t12-,13-,14?;/m0./s1. The monoisotopic (exact) mass is 316 g/mol. The number of aliphatic hydroxyl groups is 1. The third kappa shape index (κ3) is 3.20. The summed E-state index contributed by atoms with van der Waals surface area (Å²) < 4.78 is 11.5. The molecule has 3 atom stereocenters. The summed E-state index contributed by atoms with van der Waals surface area (Å²) in [6.45, 7) is 4.37. The molecule has 0 spiro atoms. The van der Waals surface area contributed by atoms with E-state index in [1.54, 1.807) is 13.2 Å². The molecule has 4 heteroatoms. The highest BCUT2D eigenvalue weighted by atomic mass is 16.5. The number of rotatable bonds is 2. The second-order valence-corrected chi connectivity index (χ2v) is 6.88. The van der Waals surface area contributed by atoms with Crippen LogP contribution in [-0.2, 0) is 6.42 Å². The first kappa shape index (κ1) is 17.4. The molecule has 1 N–H and O–H groups in total. The second-order valence-electron chi connectivity index (χ2n) is 6.88. The van der Waals surface area contributed by atoms with Crippen LogP contribution in [-0.4, -0.2) is 30.7 Å². The van der Waals surface area contributed by atoms with E-state index in [4.69, 9.17) is 9.47 Å². The molecule has 1 aromatic carbocycles. The minimum absolute atomic E-state index is 0.00670. The van der Waals surface area contributed by atoms with Gasteiger partial charge in [0, 0.05) is 17.9 Å². The molecule has 2 aliphatic rings. The van der Waals surface area contributed by atoms with Gasteiger partial charge in [-0.2, -0.15) is 0 Å². The van der Waals surface area contributed by atoms with Crippen LogP contribution in [0.4, 0.5) is 0 Å². The van der Waals surface area contributed by atoms with Gasteiger partial charge < -0.3 is 14.6 Å². The summed E-state index contributed by atoms with van der Waals surface area (Å²) in [6, 6.07) is 3.60. The van der Waals surface area contributed by atoms with Crippen molar-refractivity contribution in [2.45, 2.75) is 45.3 Å². The van der Waals surface area contributed by atoms with E-state index >= 15 is 0 Å². The molecule has 0 saturated heterocycles. The molecule has 0 amide bonds. The van der Waals surface area contributed by atoms with E-state index in [-0.39, 0.29) is 17.6 Å². The summed E-state index contributed by atoms with van der Waals surface area (Å²) in [5, 5.41) is 10.1. The number of carbonyl (C=O) groups is 1. The zero-order valence-corrected chi connectivity index (χ0v) is 13.9. The van der Waals surface area contributed by atoms with Gasteiger partial charge in [0.2, 0.25) is 0 Å². The van der Waals surface area contributed by atoms with Crippen LogP contribution in [0, 0.1) is 24.2 Å². The number of benzene rings is 1. The Kier molecular flexibility index (Phi) is 5.01. The van der Waals surface area contributed by atoms with E-state index in [0.717, 1.165) is 30.4 Å². The Labute approximate surface area is 137 Å². The molecule has 4 nitrogen and oxygen atoms in total. The summed E-state index contributed by atoms with van der Waals surface area (Å²) in [6.07, 6.45) is 10.8. The number of carbonyl (C=O) groups excluding carboxylic acids is 1. The van der Waals surface area contributed by atoms with Gasteiger partial charge in [0.15, 0.2) is 11.5 Å². The maximum absolute atomic E-state index is 11.1. The average molecular weight is 316 g/mol. The molecule has 124 valence electrons. The molecule has 1 aliphatic carbocycles. The molecular formula is C19H24O4. The van der Waals surface area contributed by atoms with Crippen LogP contribution >= 0.6 is 0 Å². The third-order valence-corrected chi connectivity index (χ3v) is 4.94. The number of aliphatic hydroxyl groups excluding tert-OH is 1. The van der Waals surface area contributed by atoms with Crippen molar-refractivity contribution >= 4 is 6.29 Å². The maximum atomic E-state index is 11.1. The van der Waals surface area contributed by atoms with Crippen molar-refractivity contribution in [1.82, 2.24) is 0 Å². The summed E-state index contributed by atoms with van der Waals surface area (Å²) in [7, 11) is 1.58. The van der Waals surface area contributed by atoms with Gasteiger partial charge in [-0.05, 0) is 36.0 Å². The average Bonchev–Trinajstić information content (AvgIpc) is 2.53. The SMILES string of the molecule is C#C.COc1cc(C=O)cc2c1OC1C[C@H](O)CC(C)(C)[C@H]1C2. The fourth-order valence-corrected chi connectivity index (χ4v) is 3.89. The molecule has 0 aromatic heterocycles. The number of terminal acetylenes is 1. The van der Waals surface area contributed by atoms with Crippen molar-refractivity contribution in [1.29, 1.82) is 0 Å². The topological polar surface area (TPSA) is 55.8 Å². The van der Waals surface area contributed by atoms with Gasteiger partial charge in [0.1, 0.15) is 12.4 Å². The zero-order valence-electron chi connectivity index (χ0n) is 13.9. The largest absolute Gasteiger partial charge is 0.493 e. The molecule has 1 heterocycles. The van der Waals surface area contributed by atoms with Crippen molar-refractivity contribution in [2.24, 2.45) is 11.3 Å². The Morgan fingerprint density at radius 1 is 1.39 bits per heavy atom. The van der Waals surface area contributed by atoms with Crippen molar-refractivity contribution in [2.75, 3.05) is 7.11 Å². The van der Waals surface area contributed by atoms with Crippen LogP contribution in [0.15, 0.2) is 12.1 Å². The molecule has 1 aromatic rings. The second kappa shape index (κ2) is 6.64. The molecule has 1 saturated carbocycles. The number of hydrogen-bond acceptors (Lipinski definition) is 4. The van der Waals surface area contributed by atoms with Crippen molar-refractivity contribution in [3.8, 4) is 24.3 Å². The normalized spacial score (nSPS) is 27.3. The predicted molar refractivity (Wildman–Crippen MR) is 88.9 cm³/mol. The number of fused-ring (bicyclic) bond motifs is 2. The molecule has 1 aliphatic heterocycles. The van der Waals surface area contributed by atoms with Crippen LogP contribution in [0.5, 0.6) is 11.5 Å². The van der Waals surface area contributed by atoms with Crippen LogP contribution in [0.25, 0.3) is 0 Å². The Hall–Kier alpha value is -1.99. The molecule has 1 unspecified atom stereocenters. The fourth-order valence-electron chi connectivity index (χ4n) is 3.89. The van der Waals surface area contributed by atoms with E-state index in [1.807, 2.05) is 6.07 Å². The van der Waals surface area contributed by atoms with Crippen LogP contribution in [0.1, 0.15) is 42.6 Å². The molecule has 3 rings (SSSR count). The lowest BCUT2D eigenvalue weighted by molar-refractivity contribution is -0.0641. The summed E-state index contributed by atoms with van der Waals surface area (Å²) >= 11 is 0. The third-order valence-electron chi connectivity index (χ3n) is 4.94. The van der Waals surface area contributed by atoms with Crippen molar-refractivity contribution < 1.29 is 19.4 Å². The Balaban J connectivity index is 0.000000924. The van der Waals surface area contributed by atoms with Crippen LogP contribution < -0.4 is 9.47 Å². The highest BCUT2D eigenvalue weighted by Gasteiger charge is 2.46. The highest BCUT2D eigenvalue weighted by Crippen LogP contribution is 2.49. The van der Waals surface area contributed by atoms with Crippen molar-refractivity contribution in [3.63, 3.8) is 0 Å². The van der Waals surface area contributed by atoms with E-state index in [2.05, 4.69) is 26.7 Å². The molecule has 0 bridgehead atoms. The van der Waals surface area contributed by atoms with Crippen LogP contribution in [0.3, 0.4) is 0 Å². The number of ether oxygens (including phenoxy) is 2. The zero-order chi connectivity index (χ0) is 17.2. The van der Waals surface area contributed by atoms with Gasteiger partial charge in [0.05, 0.1) is 13.2 Å². The van der Waals surface area contributed by atoms with Gasteiger partial charge >= 0.3 is 0 Å². The highest BCUT2D eigenvalue weighted by molar-refractivity contribution is 5.77. The van der Waals surface area contributed by atoms with E-state index in [9.17, 15) is 9.90 Å². The lowest BCUT2D eigenvalue weighted by Crippen LogP contribution is -2.49. The minimum Gasteiger partial charge on any atom is -0.493 e. The van der Waals surface area contributed by atoms with Gasteiger partial charge in [0.25, 0.3) is 0 Å². The Morgan fingerprint density at radius 2 is 2.09 bits per heavy atom. The minimum atomic E-state index is -0.317. The van der Waals surface area contributed by atoms with Gasteiger partial charge in [-0.3, -0.25) is 4.79 Å². The summed E-state index contributed by atoms with van der Waals surface area (Å²) in [4.78, 5) is 11.1. The van der Waals surface area contributed by atoms with Gasteiger partial charge in [-0.25, -0.2) is 0 Å². The number of hydrogen-bond donors (Lipinski definition) is 1. The first-order valence-corrected chi connectivity index (χ1v) is 7.78. The Bertz CT molecular complexity index is 603. The lowest BCUT2D eigenvalue weighted by atomic mass is 9.63. The lowest BCUT2D eigenvalue weighted by Gasteiger charge is -2.48. The molecule has 1 fully saturated rings. The number of aldehydes is 1. The van der Waals surface area contributed by atoms with E-state index in [1.165, 1.54) is 0 Å². The van der Waals surface area contributed by atoms with E-state index in [0.29, 0.717) is 23.7 Å². The number of methoxy groups -OCH3 is 1. The molecular weight excluding hydrogens is 292 g/mol. The predicted octanol–water partition coefficient (Wildman–Crippen LogP) is 2.86. The van der Waals surface area contributed by atoms with Crippen LogP contribution in [0.2, 0.25) is 0 Å². The summed E-state index contributed by atoms with van der Waals surface area (Å²) in [5.41, 5.74) is 1.66. The maximum Gasteiger partial charge on any atom is 0.164 e. The van der Waals surface area contributed by atoms with E-state index < -0.39 is 0 Å². The quantitative estimate of drug-likeness (QED) is 0.673.